The zero-order chi connectivity index (χ0) is 15.1. The number of carboxylic acids is 1. The quantitative estimate of drug-likeness (QED) is 0.725. The number of aromatic carboxylic acids is 1. The monoisotopic (exact) mass is 297 g/mol. The third-order valence-corrected chi connectivity index (χ3v) is 3.77. The number of hydrogen-bond acceptors (Lipinski definition) is 6. The molecule has 3 amide bonds. The smallest absolute Gasteiger partial charge is 0.355 e. The molecule has 1 aliphatic heterocycles. The van der Waals surface area contributed by atoms with Crippen LogP contribution in [-0.4, -0.2) is 50.8 Å². The second-order valence-corrected chi connectivity index (χ2v) is 5.53. The van der Waals surface area contributed by atoms with Crippen molar-refractivity contribution in [3.05, 3.63) is 16.1 Å². The van der Waals surface area contributed by atoms with Crippen LogP contribution in [0.1, 0.15) is 34.1 Å². The number of thiazole rings is 1. The molecule has 20 heavy (non-hydrogen) atoms. The predicted molar refractivity (Wildman–Crippen MR) is 67.3 cm³/mol. The first kappa shape index (κ1) is 14.1. The molecule has 1 aromatic rings. The van der Waals surface area contributed by atoms with E-state index in [9.17, 15) is 19.2 Å². The molecule has 1 saturated heterocycles. The van der Waals surface area contributed by atoms with Crippen molar-refractivity contribution in [2.75, 3.05) is 6.54 Å². The van der Waals surface area contributed by atoms with Gasteiger partial charge in [-0.1, -0.05) is 0 Å². The van der Waals surface area contributed by atoms with Gasteiger partial charge in [-0.3, -0.25) is 19.7 Å². The van der Waals surface area contributed by atoms with Crippen molar-refractivity contribution < 1.29 is 24.3 Å². The van der Waals surface area contributed by atoms with Gasteiger partial charge in [0.05, 0.1) is 0 Å². The fourth-order valence-corrected chi connectivity index (χ4v) is 2.43. The average Bonchev–Trinajstić information content (AvgIpc) is 2.83. The number of aromatic nitrogens is 1. The molecule has 0 aromatic carbocycles. The van der Waals surface area contributed by atoms with Gasteiger partial charge in [-0.2, -0.15) is 0 Å². The summed E-state index contributed by atoms with van der Waals surface area (Å²) < 4.78 is 0. The van der Waals surface area contributed by atoms with Gasteiger partial charge in [0.2, 0.25) is 5.91 Å². The minimum absolute atomic E-state index is 0.0713. The van der Waals surface area contributed by atoms with Crippen LogP contribution in [0.4, 0.5) is 0 Å². The van der Waals surface area contributed by atoms with E-state index in [0.717, 1.165) is 16.2 Å². The number of carboxylic acid groups (broad SMARTS) is 1. The van der Waals surface area contributed by atoms with Gasteiger partial charge >= 0.3 is 5.97 Å². The molecule has 1 aliphatic rings. The first-order chi connectivity index (χ1) is 9.23. The molecule has 2 heterocycles. The van der Waals surface area contributed by atoms with Gasteiger partial charge in [-0.25, -0.2) is 9.78 Å². The Morgan fingerprint density at radius 3 is 2.65 bits per heavy atom. The SMILES string of the molecule is CC1(C)C(=O)NC(=O)CN1C(=O)c1nc(C(=O)O)cs1. The Balaban J connectivity index is 2.32. The lowest BCUT2D eigenvalue weighted by atomic mass is 9.98. The molecule has 2 rings (SSSR count). The van der Waals surface area contributed by atoms with Gasteiger partial charge in [0.25, 0.3) is 11.8 Å². The Kier molecular flexibility index (Phi) is 3.30. The second-order valence-electron chi connectivity index (χ2n) is 4.67. The lowest BCUT2D eigenvalue weighted by Gasteiger charge is -2.39. The molecule has 0 bridgehead atoms. The molecule has 2 N–H and O–H groups in total. The van der Waals surface area contributed by atoms with E-state index in [1.165, 1.54) is 19.2 Å². The molecule has 0 unspecified atom stereocenters. The standard InChI is InChI=1S/C11H11N3O5S/c1-11(2)10(19)13-6(15)3-14(11)8(16)7-12-5(4-20-7)9(17)18/h4H,3H2,1-2H3,(H,17,18)(H,13,15,19). The van der Waals surface area contributed by atoms with Crippen LogP contribution in [0.2, 0.25) is 0 Å². The summed E-state index contributed by atoms with van der Waals surface area (Å²) in [6.07, 6.45) is 0. The first-order valence-electron chi connectivity index (χ1n) is 5.58. The van der Waals surface area contributed by atoms with E-state index in [1.807, 2.05) is 0 Å². The van der Waals surface area contributed by atoms with Crippen LogP contribution in [0.5, 0.6) is 0 Å². The Morgan fingerprint density at radius 1 is 1.45 bits per heavy atom. The van der Waals surface area contributed by atoms with Crippen molar-refractivity contribution in [1.29, 1.82) is 0 Å². The second kappa shape index (κ2) is 4.67. The Labute approximate surface area is 117 Å². The van der Waals surface area contributed by atoms with Crippen LogP contribution < -0.4 is 5.32 Å². The summed E-state index contributed by atoms with van der Waals surface area (Å²) in [7, 11) is 0. The highest BCUT2D eigenvalue weighted by Gasteiger charge is 2.44. The van der Waals surface area contributed by atoms with Crippen LogP contribution in [0.15, 0.2) is 5.38 Å². The highest BCUT2D eigenvalue weighted by molar-refractivity contribution is 7.11. The molecule has 106 valence electrons. The Hall–Kier alpha value is -2.29. The summed E-state index contributed by atoms with van der Waals surface area (Å²) >= 11 is 0.857. The number of amides is 3. The van der Waals surface area contributed by atoms with E-state index >= 15 is 0 Å². The van der Waals surface area contributed by atoms with Crippen molar-refractivity contribution in [2.24, 2.45) is 0 Å². The van der Waals surface area contributed by atoms with Crippen molar-refractivity contribution in [3.63, 3.8) is 0 Å². The molecule has 9 heteroatoms. The van der Waals surface area contributed by atoms with Gasteiger partial charge in [-0.15, -0.1) is 11.3 Å². The Bertz CT molecular complexity index is 621. The topological polar surface area (TPSA) is 117 Å². The minimum atomic E-state index is -1.24. The van der Waals surface area contributed by atoms with Gasteiger partial charge in [-0.05, 0) is 13.8 Å². The van der Waals surface area contributed by atoms with Crippen LogP contribution >= 0.6 is 11.3 Å². The fourth-order valence-electron chi connectivity index (χ4n) is 1.69. The maximum atomic E-state index is 12.3. The molecule has 0 radical (unpaired) electrons. The summed E-state index contributed by atoms with van der Waals surface area (Å²) in [6, 6.07) is 0. The van der Waals surface area contributed by atoms with Crippen LogP contribution in [0.25, 0.3) is 0 Å². The number of rotatable bonds is 2. The number of hydrogen-bond donors (Lipinski definition) is 2. The van der Waals surface area contributed by atoms with E-state index < -0.39 is 29.2 Å². The van der Waals surface area contributed by atoms with Crippen LogP contribution in [0.3, 0.4) is 0 Å². The number of carbonyl (C=O) groups excluding carboxylic acids is 3. The molecule has 0 aliphatic carbocycles. The lowest BCUT2D eigenvalue weighted by molar-refractivity contribution is -0.143. The van der Waals surface area contributed by atoms with Gasteiger partial charge in [0, 0.05) is 5.38 Å². The summed E-state index contributed by atoms with van der Waals surface area (Å²) in [5.41, 5.74) is -1.45. The van der Waals surface area contributed by atoms with Crippen LogP contribution in [-0.2, 0) is 9.59 Å². The molecule has 0 atom stereocenters. The molecule has 1 fully saturated rings. The highest BCUT2D eigenvalue weighted by Crippen LogP contribution is 2.22. The molecular weight excluding hydrogens is 286 g/mol. The molecule has 8 nitrogen and oxygen atoms in total. The maximum Gasteiger partial charge on any atom is 0.355 e. The fraction of sp³-hybridized carbons (Fsp3) is 0.364. The third kappa shape index (κ3) is 2.27. The number of carbonyl (C=O) groups is 4. The zero-order valence-corrected chi connectivity index (χ0v) is 11.5. The van der Waals surface area contributed by atoms with Gasteiger partial charge in [0.1, 0.15) is 12.1 Å². The molecule has 0 spiro atoms. The normalized spacial score (nSPS) is 17.8. The van der Waals surface area contributed by atoms with E-state index in [2.05, 4.69) is 10.3 Å². The van der Waals surface area contributed by atoms with Crippen LogP contribution in [0, 0.1) is 0 Å². The third-order valence-electron chi connectivity index (χ3n) is 2.94. The van der Waals surface area contributed by atoms with Crippen molar-refractivity contribution in [2.45, 2.75) is 19.4 Å². The van der Waals surface area contributed by atoms with E-state index in [4.69, 9.17) is 5.11 Å². The van der Waals surface area contributed by atoms with Gasteiger partial charge < -0.3 is 10.0 Å². The largest absolute Gasteiger partial charge is 0.476 e. The summed E-state index contributed by atoms with van der Waals surface area (Å²) in [6.45, 7) is 2.72. The van der Waals surface area contributed by atoms with E-state index in [1.54, 1.807) is 0 Å². The number of nitrogens with zero attached hydrogens (tertiary/aromatic N) is 2. The lowest BCUT2D eigenvalue weighted by Crippen LogP contribution is -2.65. The Morgan fingerprint density at radius 2 is 2.10 bits per heavy atom. The van der Waals surface area contributed by atoms with Gasteiger partial charge in [0.15, 0.2) is 10.7 Å². The maximum absolute atomic E-state index is 12.3. The molecule has 0 saturated carbocycles. The van der Waals surface area contributed by atoms with E-state index in [0.29, 0.717) is 0 Å². The van der Waals surface area contributed by atoms with Crippen molar-refractivity contribution in [3.8, 4) is 0 Å². The molecular formula is C11H11N3O5S. The number of nitrogens with one attached hydrogen (secondary N) is 1. The summed E-state index contributed by atoms with van der Waals surface area (Å²) in [5, 5.41) is 12.1. The van der Waals surface area contributed by atoms with Crippen molar-refractivity contribution in [1.82, 2.24) is 15.2 Å². The predicted octanol–water partition coefficient (Wildman–Crippen LogP) is -0.282. The summed E-state index contributed by atoms with van der Waals surface area (Å²) in [4.78, 5) is 50.9. The highest BCUT2D eigenvalue weighted by atomic mass is 32.1. The summed E-state index contributed by atoms with van der Waals surface area (Å²) in [5.74, 6) is -3.06. The van der Waals surface area contributed by atoms with E-state index in [-0.39, 0.29) is 17.2 Å². The molecule has 1 aromatic heterocycles. The minimum Gasteiger partial charge on any atom is -0.476 e. The van der Waals surface area contributed by atoms with Crippen molar-refractivity contribution >= 4 is 35.0 Å². The first-order valence-corrected chi connectivity index (χ1v) is 6.46. The number of imide groups is 1. The zero-order valence-electron chi connectivity index (χ0n) is 10.7. The number of piperazine rings is 1. The average molecular weight is 297 g/mol.